The first-order valence-corrected chi connectivity index (χ1v) is 6.99. The number of nitrogens with one attached hydrogen (secondary N) is 1. The minimum Gasteiger partial charge on any atom is -0.309 e. The Morgan fingerprint density at radius 2 is 1.96 bits per heavy atom. The van der Waals surface area contributed by atoms with Crippen molar-refractivity contribution in [2.45, 2.75) is 12.8 Å². The van der Waals surface area contributed by atoms with Gasteiger partial charge in [0.1, 0.15) is 11.6 Å². The van der Waals surface area contributed by atoms with Crippen LogP contribution in [0, 0.1) is 23.1 Å². The van der Waals surface area contributed by atoms with Crippen molar-refractivity contribution in [2.75, 3.05) is 5.32 Å². The van der Waals surface area contributed by atoms with Crippen LogP contribution in [0.15, 0.2) is 48.7 Å². The SMILES string of the molecule is N#C[C@H](C(=O)CCc1ccc(F)cc1)C(=O)Nc1ccccn1. The number of nitrogens with zero attached hydrogens (tertiary/aromatic N) is 2. The van der Waals surface area contributed by atoms with Crippen LogP contribution in [0.2, 0.25) is 0 Å². The summed E-state index contributed by atoms with van der Waals surface area (Å²) in [6, 6.07) is 12.4. The summed E-state index contributed by atoms with van der Waals surface area (Å²) in [5.74, 6) is -2.65. The maximum Gasteiger partial charge on any atom is 0.250 e. The maximum atomic E-state index is 12.8. The highest BCUT2D eigenvalue weighted by Crippen LogP contribution is 2.11. The van der Waals surface area contributed by atoms with Gasteiger partial charge in [-0.15, -0.1) is 0 Å². The Hall–Kier alpha value is -3.07. The lowest BCUT2D eigenvalue weighted by Crippen LogP contribution is -2.29. The molecule has 2 aromatic rings. The summed E-state index contributed by atoms with van der Waals surface area (Å²) in [6.45, 7) is 0. The molecule has 0 fully saturated rings. The number of rotatable bonds is 6. The zero-order chi connectivity index (χ0) is 16.7. The summed E-state index contributed by atoms with van der Waals surface area (Å²) in [5.41, 5.74) is 0.765. The number of Topliss-reactive ketones (excluding diaryl/α,β-unsaturated/α-hetero) is 1. The molecular formula is C17H14FN3O2. The first kappa shape index (κ1) is 16.3. The van der Waals surface area contributed by atoms with Crippen LogP contribution in [0.4, 0.5) is 10.2 Å². The van der Waals surface area contributed by atoms with E-state index in [9.17, 15) is 14.0 Å². The van der Waals surface area contributed by atoms with Crippen LogP contribution in [0.5, 0.6) is 0 Å². The van der Waals surface area contributed by atoms with Gasteiger partial charge in [-0.1, -0.05) is 18.2 Å². The number of aryl methyl sites for hydroxylation is 1. The molecule has 0 bridgehead atoms. The summed E-state index contributed by atoms with van der Waals surface area (Å²) in [5, 5.41) is 11.5. The highest BCUT2D eigenvalue weighted by molar-refractivity contribution is 6.09. The van der Waals surface area contributed by atoms with E-state index in [4.69, 9.17) is 5.26 Å². The number of hydrogen-bond donors (Lipinski definition) is 1. The fourth-order valence-corrected chi connectivity index (χ4v) is 1.97. The van der Waals surface area contributed by atoms with E-state index < -0.39 is 17.6 Å². The number of anilines is 1. The van der Waals surface area contributed by atoms with Crippen LogP contribution in [0.3, 0.4) is 0 Å². The molecular weight excluding hydrogens is 297 g/mol. The third-order valence-electron chi connectivity index (χ3n) is 3.20. The van der Waals surface area contributed by atoms with Crippen molar-refractivity contribution >= 4 is 17.5 Å². The Bertz CT molecular complexity index is 724. The van der Waals surface area contributed by atoms with Crippen molar-refractivity contribution in [3.8, 4) is 6.07 Å². The van der Waals surface area contributed by atoms with E-state index in [1.807, 2.05) is 0 Å². The Morgan fingerprint density at radius 3 is 2.57 bits per heavy atom. The molecule has 1 aromatic heterocycles. The van der Waals surface area contributed by atoms with E-state index in [0.717, 1.165) is 5.56 Å². The van der Waals surface area contributed by atoms with Crippen molar-refractivity contribution < 1.29 is 14.0 Å². The Kier molecular flexibility index (Phi) is 5.53. The fourth-order valence-electron chi connectivity index (χ4n) is 1.97. The topological polar surface area (TPSA) is 82.8 Å². The summed E-state index contributed by atoms with van der Waals surface area (Å²) in [6.07, 6.45) is 1.86. The normalized spacial score (nSPS) is 11.3. The van der Waals surface area contributed by atoms with E-state index in [-0.39, 0.29) is 18.1 Å². The summed E-state index contributed by atoms with van der Waals surface area (Å²) >= 11 is 0. The van der Waals surface area contributed by atoms with Gasteiger partial charge in [-0.25, -0.2) is 9.37 Å². The molecule has 0 aliphatic rings. The highest BCUT2D eigenvalue weighted by Gasteiger charge is 2.26. The molecule has 1 heterocycles. The molecule has 0 unspecified atom stereocenters. The molecule has 2 rings (SSSR count). The third kappa shape index (κ3) is 4.71. The minimum absolute atomic E-state index is 0.0273. The molecule has 5 nitrogen and oxygen atoms in total. The zero-order valence-corrected chi connectivity index (χ0v) is 12.2. The molecule has 6 heteroatoms. The first-order chi connectivity index (χ1) is 11.1. The average molecular weight is 311 g/mol. The standard InChI is InChI=1S/C17H14FN3O2/c18-13-7-4-12(5-8-13)6-9-15(22)14(11-19)17(23)21-16-3-1-2-10-20-16/h1-5,7-8,10,14H,6,9H2,(H,20,21,23)/t14-/m1/s1. The Labute approximate surface area is 132 Å². The van der Waals surface area contributed by atoms with Gasteiger partial charge in [0.2, 0.25) is 0 Å². The minimum atomic E-state index is -1.39. The molecule has 1 aromatic carbocycles. The van der Waals surface area contributed by atoms with E-state index >= 15 is 0 Å². The molecule has 0 saturated heterocycles. The number of carbonyl (C=O) groups is 2. The number of nitriles is 1. The lowest BCUT2D eigenvalue weighted by Gasteiger charge is -2.09. The number of ketones is 1. The second-order valence-electron chi connectivity index (χ2n) is 4.86. The van der Waals surface area contributed by atoms with Gasteiger partial charge in [0.15, 0.2) is 11.7 Å². The number of amides is 1. The predicted molar refractivity (Wildman–Crippen MR) is 81.7 cm³/mol. The number of hydrogen-bond acceptors (Lipinski definition) is 4. The smallest absolute Gasteiger partial charge is 0.250 e. The van der Waals surface area contributed by atoms with Crippen molar-refractivity contribution in [3.63, 3.8) is 0 Å². The predicted octanol–water partition coefficient (Wildman–Crippen LogP) is 2.50. The van der Waals surface area contributed by atoms with E-state index in [2.05, 4.69) is 10.3 Å². The van der Waals surface area contributed by atoms with Gasteiger partial charge in [-0.3, -0.25) is 9.59 Å². The molecule has 116 valence electrons. The summed E-state index contributed by atoms with van der Waals surface area (Å²) in [7, 11) is 0. The number of carbonyl (C=O) groups excluding carboxylic acids is 2. The number of aromatic nitrogens is 1. The molecule has 0 spiro atoms. The van der Waals surface area contributed by atoms with Gasteiger partial charge < -0.3 is 5.32 Å². The largest absolute Gasteiger partial charge is 0.309 e. The van der Waals surface area contributed by atoms with Gasteiger partial charge in [-0.05, 0) is 36.2 Å². The number of pyridine rings is 1. The molecule has 0 radical (unpaired) electrons. The van der Waals surface area contributed by atoms with Crippen LogP contribution >= 0.6 is 0 Å². The zero-order valence-electron chi connectivity index (χ0n) is 12.2. The van der Waals surface area contributed by atoms with Gasteiger partial charge in [0, 0.05) is 12.6 Å². The van der Waals surface area contributed by atoms with Crippen molar-refractivity contribution in [2.24, 2.45) is 5.92 Å². The second-order valence-corrected chi connectivity index (χ2v) is 4.86. The monoisotopic (exact) mass is 311 g/mol. The Morgan fingerprint density at radius 1 is 1.22 bits per heavy atom. The third-order valence-corrected chi connectivity index (χ3v) is 3.20. The van der Waals surface area contributed by atoms with E-state index in [0.29, 0.717) is 6.42 Å². The molecule has 0 aliphatic carbocycles. The second kappa shape index (κ2) is 7.80. The van der Waals surface area contributed by atoms with Gasteiger partial charge in [-0.2, -0.15) is 5.26 Å². The molecule has 0 aliphatic heterocycles. The molecule has 0 saturated carbocycles. The van der Waals surface area contributed by atoms with Gasteiger partial charge in [0.25, 0.3) is 5.91 Å². The van der Waals surface area contributed by atoms with Crippen molar-refractivity contribution in [3.05, 3.63) is 60.0 Å². The van der Waals surface area contributed by atoms with Crippen LogP contribution in [-0.4, -0.2) is 16.7 Å². The van der Waals surface area contributed by atoms with Crippen LogP contribution in [0.25, 0.3) is 0 Å². The lowest BCUT2D eigenvalue weighted by molar-refractivity contribution is -0.128. The van der Waals surface area contributed by atoms with E-state index in [1.165, 1.54) is 18.3 Å². The summed E-state index contributed by atoms with van der Waals surface area (Å²) < 4.78 is 12.8. The maximum absolute atomic E-state index is 12.8. The van der Waals surface area contributed by atoms with Gasteiger partial charge in [0.05, 0.1) is 6.07 Å². The van der Waals surface area contributed by atoms with Crippen LogP contribution in [0.1, 0.15) is 12.0 Å². The van der Waals surface area contributed by atoms with Crippen LogP contribution in [-0.2, 0) is 16.0 Å². The average Bonchev–Trinajstić information content (AvgIpc) is 2.56. The number of halogens is 1. The molecule has 1 amide bonds. The number of benzene rings is 1. The van der Waals surface area contributed by atoms with Crippen molar-refractivity contribution in [1.82, 2.24) is 4.98 Å². The van der Waals surface area contributed by atoms with Gasteiger partial charge >= 0.3 is 0 Å². The molecule has 1 N–H and O–H groups in total. The van der Waals surface area contributed by atoms with Crippen LogP contribution < -0.4 is 5.32 Å². The Balaban J connectivity index is 1.94. The molecule has 23 heavy (non-hydrogen) atoms. The van der Waals surface area contributed by atoms with E-state index in [1.54, 1.807) is 36.4 Å². The first-order valence-electron chi connectivity index (χ1n) is 6.99. The molecule has 1 atom stereocenters. The van der Waals surface area contributed by atoms with Crippen molar-refractivity contribution in [1.29, 1.82) is 5.26 Å². The summed E-state index contributed by atoms with van der Waals surface area (Å²) in [4.78, 5) is 28.0. The highest BCUT2D eigenvalue weighted by atomic mass is 19.1. The lowest BCUT2D eigenvalue weighted by atomic mass is 9.98. The fraction of sp³-hybridized carbons (Fsp3) is 0.176. The quantitative estimate of drug-likeness (QED) is 0.831.